The van der Waals surface area contributed by atoms with E-state index >= 15 is 0 Å². The number of aromatic nitrogens is 1. The lowest BCUT2D eigenvalue weighted by atomic mass is 10.1. The third-order valence-electron chi connectivity index (χ3n) is 4.56. The zero-order chi connectivity index (χ0) is 22.8. The van der Waals surface area contributed by atoms with Crippen LogP contribution in [0.4, 0.5) is 5.88 Å². The van der Waals surface area contributed by atoms with Gasteiger partial charge in [-0.3, -0.25) is 4.57 Å². The normalized spacial score (nSPS) is 11.7. The SMILES string of the molecule is CCOP(=O)(OCC)c1nc(/C=C/c2ccccc2)oc1NCCc1ccc(OC)cc1. The van der Waals surface area contributed by atoms with Crippen molar-refractivity contribution in [2.45, 2.75) is 20.3 Å². The highest BCUT2D eigenvalue weighted by molar-refractivity contribution is 7.62. The lowest BCUT2D eigenvalue weighted by Gasteiger charge is -2.15. The number of oxazole rings is 1. The number of hydrogen-bond acceptors (Lipinski definition) is 7. The molecular formula is C24H29N2O5P. The van der Waals surface area contributed by atoms with Gasteiger partial charge < -0.3 is 23.5 Å². The van der Waals surface area contributed by atoms with Crippen molar-refractivity contribution in [3.05, 3.63) is 71.6 Å². The Hall–Kier alpha value is -2.86. The van der Waals surface area contributed by atoms with Gasteiger partial charge in [0.25, 0.3) is 0 Å². The summed E-state index contributed by atoms with van der Waals surface area (Å²) < 4.78 is 35.5. The Morgan fingerprint density at radius 1 is 1.00 bits per heavy atom. The third-order valence-corrected chi connectivity index (χ3v) is 6.58. The van der Waals surface area contributed by atoms with Gasteiger partial charge in [0.15, 0.2) is 0 Å². The average Bonchev–Trinajstić information content (AvgIpc) is 3.23. The molecular weight excluding hydrogens is 427 g/mol. The maximum atomic E-state index is 13.4. The number of nitrogens with one attached hydrogen (secondary N) is 1. The second-order valence-corrected chi connectivity index (χ2v) is 8.74. The van der Waals surface area contributed by atoms with Crippen LogP contribution in [0.25, 0.3) is 12.2 Å². The molecule has 2 aromatic carbocycles. The van der Waals surface area contributed by atoms with E-state index in [9.17, 15) is 4.57 Å². The zero-order valence-electron chi connectivity index (χ0n) is 18.6. The van der Waals surface area contributed by atoms with Crippen LogP contribution in [0.1, 0.15) is 30.9 Å². The Kier molecular flexibility index (Phi) is 8.68. The molecule has 1 N–H and O–H groups in total. The van der Waals surface area contributed by atoms with Crippen LogP contribution in [0.2, 0.25) is 0 Å². The quantitative estimate of drug-likeness (QED) is 0.365. The fourth-order valence-corrected chi connectivity index (χ4v) is 4.64. The highest BCUT2D eigenvalue weighted by Crippen LogP contribution is 2.48. The van der Waals surface area contributed by atoms with Crippen LogP contribution in [0.5, 0.6) is 5.75 Å². The van der Waals surface area contributed by atoms with Crippen LogP contribution in [-0.2, 0) is 20.0 Å². The topological polar surface area (TPSA) is 82.8 Å². The maximum absolute atomic E-state index is 13.4. The van der Waals surface area contributed by atoms with Gasteiger partial charge in [-0.15, -0.1) is 0 Å². The van der Waals surface area contributed by atoms with Gasteiger partial charge in [-0.1, -0.05) is 42.5 Å². The van der Waals surface area contributed by atoms with E-state index < -0.39 is 7.60 Å². The molecule has 0 spiro atoms. The van der Waals surface area contributed by atoms with Crippen LogP contribution in [-0.4, -0.2) is 31.9 Å². The number of benzene rings is 2. The molecule has 0 atom stereocenters. The van der Waals surface area contributed by atoms with Gasteiger partial charge in [0.1, 0.15) is 5.75 Å². The van der Waals surface area contributed by atoms with Crippen LogP contribution in [0.3, 0.4) is 0 Å². The summed E-state index contributed by atoms with van der Waals surface area (Å²) in [7, 11) is -1.98. The Balaban J connectivity index is 1.81. The minimum atomic E-state index is -3.62. The van der Waals surface area contributed by atoms with E-state index in [0.717, 1.165) is 23.3 Å². The summed E-state index contributed by atoms with van der Waals surface area (Å²) in [6, 6.07) is 17.6. The number of ether oxygens (including phenoxy) is 1. The van der Waals surface area contributed by atoms with Gasteiger partial charge in [0.05, 0.1) is 20.3 Å². The van der Waals surface area contributed by atoms with E-state index in [2.05, 4.69) is 10.3 Å². The Labute approximate surface area is 189 Å². The summed E-state index contributed by atoms with van der Waals surface area (Å²) >= 11 is 0. The van der Waals surface area contributed by atoms with Gasteiger partial charge >= 0.3 is 7.60 Å². The molecule has 0 radical (unpaired) electrons. The zero-order valence-corrected chi connectivity index (χ0v) is 19.5. The molecule has 0 amide bonds. The largest absolute Gasteiger partial charge is 0.497 e. The summed E-state index contributed by atoms with van der Waals surface area (Å²) in [5.74, 6) is 1.41. The number of rotatable bonds is 12. The van der Waals surface area contributed by atoms with Crippen molar-refractivity contribution in [3.63, 3.8) is 0 Å². The van der Waals surface area contributed by atoms with E-state index in [0.29, 0.717) is 12.4 Å². The summed E-state index contributed by atoms with van der Waals surface area (Å²) in [5, 5.41) is 3.20. The summed E-state index contributed by atoms with van der Waals surface area (Å²) in [4.78, 5) is 4.44. The molecule has 0 aliphatic heterocycles. The van der Waals surface area contributed by atoms with Crippen LogP contribution in [0.15, 0.2) is 59.0 Å². The van der Waals surface area contributed by atoms with Crippen molar-refractivity contribution in [2.24, 2.45) is 0 Å². The molecule has 0 saturated heterocycles. The van der Waals surface area contributed by atoms with Crippen molar-refractivity contribution < 1.29 is 22.8 Å². The third kappa shape index (κ3) is 6.33. The second-order valence-electron chi connectivity index (χ2n) is 6.81. The first kappa shape index (κ1) is 23.8. The minimum absolute atomic E-state index is 0.156. The van der Waals surface area contributed by atoms with Crippen LogP contribution >= 0.6 is 7.60 Å². The first-order valence-electron chi connectivity index (χ1n) is 10.6. The number of anilines is 1. The predicted molar refractivity (Wildman–Crippen MR) is 128 cm³/mol. The Morgan fingerprint density at radius 3 is 2.31 bits per heavy atom. The molecule has 170 valence electrons. The van der Waals surface area contributed by atoms with Crippen LogP contribution < -0.4 is 15.5 Å². The number of methoxy groups -OCH3 is 1. The van der Waals surface area contributed by atoms with Gasteiger partial charge in [-0.25, -0.2) is 0 Å². The van der Waals surface area contributed by atoms with E-state index in [1.807, 2.05) is 60.7 Å². The molecule has 0 aliphatic carbocycles. The van der Waals surface area contributed by atoms with Crippen molar-refractivity contribution >= 4 is 31.1 Å². The van der Waals surface area contributed by atoms with E-state index in [1.165, 1.54) is 0 Å². The summed E-state index contributed by atoms with van der Waals surface area (Å²) in [6.07, 6.45) is 4.34. The average molecular weight is 456 g/mol. The molecule has 0 unspecified atom stereocenters. The number of hydrogen-bond donors (Lipinski definition) is 1. The minimum Gasteiger partial charge on any atom is -0.497 e. The van der Waals surface area contributed by atoms with Gasteiger partial charge in [-0.2, -0.15) is 4.98 Å². The molecule has 1 heterocycles. The Morgan fingerprint density at radius 2 is 1.69 bits per heavy atom. The van der Waals surface area contributed by atoms with Crippen molar-refractivity contribution in [3.8, 4) is 5.75 Å². The van der Waals surface area contributed by atoms with Crippen molar-refractivity contribution in [1.82, 2.24) is 4.98 Å². The Bertz CT molecular complexity index is 1040. The van der Waals surface area contributed by atoms with E-state index in [1.54, 1.807) is 27.0 Å². The fraction of sp³-hybridized carbons (Fsp3) is 0.292. The first-order chi connectivity index (χ1) is 15.6. The van der Waals surface area contributed by atoms with E-state index in [4.69, 9.17) is 18.2 Å². The highest BCUT2D eigenvalue weighted by Gasteiger charge is 2.35. The molecule has 1 aromatic heterocycles. The molecule has 8 heteroatoms. The first-order valence-corrected chi connectivity index (χ1v) is 12.1. The highest BCUT2D eigenvalue weighted by atomic mass is 31.2. The van der Waals surface area contributed by atoms with Gasteiger partial charge in [0, 0.05) is 12.6 Å². The molecule has 0 aliphatic rings. The van der Waals surface area contributed by atoms with Crippen LogP contribution in [0, 0.1) is 0 Å². The fourth-order valence-electron chi connectivity index (χ4n) is 3.04. The molecule has 32 heavy (non-hydrogen) atoms. The molecule has 3 aromatic rings. The maximum Gasteiger partial charge on any atom is 0.385 e. The lowest BCUT2D eigenvalue weighted by molar-refractivity contribution is 0.229. The van der Waals surface area contributed by atoms with Gasteiger partial charge in [-0.05, 0) is 49.6 Å². The predicted octanol–water partition coefficient (Wildman–Crippen LogP) is 5.40. The van der Waals surface area contributed by atoms with Gasteiger partial charge in [0.2, 0.25) is 17.2 Å². The summed E-state index contributed by atoms with van der Waals surface area (Å²) in [5.41, 5.74) is 2.28. The molecule has 0 bridgehead atoms. The smallest absolute Gasteiger partial charge is 0.385 e. The van der Waals surface area contributed by atoms with E-state index in [-0.39, 0.29) is 24.5 Å². The lowest BCUT2D eigenvalue weighted by Crippen LogP contribution is -2.17. The molecule has 0 saturated carbocycles. The molecule has 7 nitrogen and oxygen atoms in total. The molecule has 0 fully saturated rings. The summed E-state index contributed by atoms with van der Waals surface area (Å²) in [6.45, 7) is 4.53. The van der Waals surface area contributed by atoms with Crippen molar-refractivity contribution in [2.75, 3.05) is 32.2 Å². The molecule has 3 rings (SSSR count). The number of nitrogens with zero attached hydrogens (tertiary/aromatic N) is 1. The monoisotopic (exact) mass is 456 g/mol. The second kappa shape index (κ2) is 11.7. The van der Waals surface area contributed by atoms with Crippen molar-refractivity contribution in [1.29, 1.82) is 0 Å². The standard InChI is InChI=1S/C24H29N2O5P/c1-4-29-32(27,30-5-2)24-23(25-18-17-20-11-14-21(28-3)15-12-20)31-22(26-24)16-13-19-9-7-6-8-10-19/h6-16,25H,4-5,17-18H2,1-3H3/b16-13+.